The van der Waals surface area contributed by atoms with Crippen molar-refractivity contribution in [1.82, 2.24) is 14.9 Å². The minimum absolute atomic E-state index is 0.748. The van der Waals surface area contributed by atoms with Gasteiger partial charge in [-0.15, -0.1) is 0 Å². The lowest BCUT2D eigenvalue weighted by molar-refractivity contribution is 0.547. The van der Waals surface area contributed by atoms with Crippen molar-refractivity contribution in [1.29, 1.82) is 0 Å². The monoisotopic (exact) mass is 277 g/mol. The Hall–Kier alpha value is -0.830. The molecule has 1 aliphatic carbocycles. The first-order chi connectivity index (χ1) is 9.92. The Balaban J connectivity index is 1.42. The Bertz CT molecular complexity index is 355. The molecule has 1 saturated carbocycles. The summed E-state index contributed by atoms with van der Waals surface area (Å²) in [4.78, 5) is 4.27. The molecule has 20 heavy (non-hydrogen) atoms. The number of unbranched alkanes of at least 4 members (excludes halogenated alkanes) is 7. The molecule has 1 fully saturated rings. The molecule has 0 unspecified atom stereocenters. The molecule has 0 radical (unpaired) electrons. The number of nitrogens with one attached hydrogen (secondary N) is 1. The van der Waals surface area contributed by atoms with Crippen molar-refractivity contribution in [3.63, 3.8) is 0 Å². The van der Waals surface area contributed by atoms with Crippen molar-refractivity contribution >= 4 is 0 Å². The number of hydrogen-bond acceptors (Lipinski definition) is 2. The maximum atomic E-state index is 4.27. The first-order valence-corrected chi connectivity index (χ1v) is 8.63. The fraction of sp³-hybridized carbons (Fsp3) is 0.824. The summed E-state index contributed by atoms with van der Waals surface area (Å²) in [6, 6.07) is 0.748. The molecule has 0 amide bonds. The van der Waals surface area contributed by atoms with Crippen LogP contribution in [0.15, 0.2) is 12.5 Å². The molecule has 114 valence electrons. The molecular formula is C17H31N3. The number of aromatic nitrogens is 2. The fourth-order valence-corrected chi connectivity index (χ4v) is 2.75. The van der Waals surface area contributed by atoms with E-state index in [1.807, 2.05) is 12.5 Å². The van der Waals surface area contributed by atoms with E-state index in [2.05, 4.69) is 21.8 Å². The number of rotatable bonds is 12. The summed E-state index contributed by atoms with van der Waals surface area (Å²) in [6.07, 6.45) is 17.8. The lowest BCUT2D eigenvalue weighted by Gasteiger charge is -2.08. The maximum absolute atomic E-state index is 4.27. The minimum atomic E-state index is 0.748. The smallest absolute Gasteiger partial charge is 0.0951 e. The van der Waals surface area contributed by atoms with Crippen LogP contribution >= 0.6 is 0 Å². The largest absolute Gasteiger partial charge is 0.330 e. The van der Waals surface area contributed by atoms with Crippen LogP contribution in [0.1, 0.15) is 82.9 Å². The molecular weight excluding hydrogens is 246 g/mol. The fourth-order valence-electron chi connectivity index (χ4n) is 2.75. The van der Waals surface area contributed by atoms with Gasteiger partial charge in [-0.1, -0.05) is 51.9 Å². The average molecular weight is 277 g/mol. The van der Waals surface area contributed by atoms with Gasteiger partial charge in [0, 0.05) is 18.8 Å². The molecule has 0 saturated heterocycles. The third-order valence-electron chi connectivity index (χ3n) is 4.20. The highest BCUT2D eigenvalue weighted by Crippen LogP contribution is 2.35. The van der Waals surface area contributed by atoms with Crippen molar-refractivity contribution in [2.75, 3.05) is 6.54 Å². The molecule has 0 aromatic carbocycles. The van der Waals surface area contributed by atoms with E-state index >= 15 is 0 Å². The summed E-state index contributed by atoms with van der Waals surface area (Å²) in [7, 11) is 0. The Kier molecular flexibility index (Phi) is 7.13. The van der Waals surface area contributed by atoms with Crippen LogP contribution < -0.4 is 5.32 Å². The molecule has 1 aromatic heterocycles. The van der Waals surface area contributed by atoms with E-state index in [0.717, 1.165) is 19.1 Å². The zero-order valence-corrected chi connectivity index (χ0v) is 13.1. The first-order valence-electron chi connectivity index (χ1n) is 8.63. The first kappa shape index (κ1) is 15.6. The van der Waals surface area contributed by atoms with Crippen molar-refractivity contribution < 1.29 is 0 Å². The molecule has 1 aromatic rings. The van der Waals surface area contributed by atoms with Gasteiger partial charge in [0.25, 0.3) is 0 Å². The average Bonchev–Trinajstić information content (AvgIpc) is 3.20. The van der Waals surface area contributed by atoms with E-state index in [4.69, 9.17) is 0 Å². The van der Waals surface area contributed by atoms with Gasteiger partial charge in [-0.25, -0.2) is 4.98 Å². The number of nitrogens with zero attached hydrogens (tertiary/aromatic N) is 2. The predicted octanol–water partition coefficient (Wildman–Crippen LogP) is 4.45. The summed E-state index contributed by atoms with van der Waals surface area (Å²) in [6.45, 7) is 4.40. The second kappa shape index (κ2) is 9.17. The van der Waals surface area contributed by atoms with Crippen molar-refractivity contribution in [3.05, 3.63) is 18.2 Å². The molecule has 1 heterocycles. The predicted molar refractivity (Wildman–Crippen MR) is 84.8 cm³/mol. The topological polar surface area (TPSA) is 29.9 Å². The lowest BCUT2D eigenvalue weighted by Crippen LogP contribution is -2.17. The van der Waals surface area contributed by atoms with Crippen molar-refractivity contribution in [2.45, 2.75) is 83.7 Å². The summed E-state index contributed by atoms with van der Waals surface area (Å²) in [5.41, 5.74) is 1.35. The Morgan fingerprint density at radius 2 is 1.80 bits per heavy atom. The highest BCUT2D eigenvalue weighted by Gasteiger charge is 2.24. The van der Waals surface area contributed by atoms with E-state index in [0.29, 0.717) is 0 Å². The molecule has 0 spiro atoms. The van der Waals surface area contributed by atoms with Gasteiger partial charge in [-0.05, 0) is 25.8 Å². The van der Waals surface area contributed by atoms with Gasteiger partial charge >= 0.3 is 0 Å². The quantitative estimate of drug-likeness (QED) is 0.572. The number of hydrogen-bond donors (Lipinski definition) is 1. The maximum Gasteiger partial charge on any atom is 0.0951 e. The summed E-state index contributed by atoms with van der Waals surface area (Å²) in [5.74, 6) is 0. The molecule has 0 bridgehead atoms. The molecule has 1 aliphatic rings. The number of imidazole rings is 1. The molecule has 1 N–H and O–H groups in total. The molecule has 0 atom stereocenters. The van der Waals surface area contributed by atoms with Gasteiger partial charge in [0.1, 0.15) is 0 Å². The van der Waals surface area contributed by atoms with Gasteiger partial charge in [0.2, 0.25) is 0 Å². The van der Waals surface area contributed by atoms with Gasteiger partial charge < -0.3 is 9.88 Å². The zero-order valence-electron chi connectivity index (χ0n) is 13.1. The molecule has 0 aliphatic heterocycles. The van der Waals surface area contributed by atoms with Crippen LogP contribution in [0.2, 0.25) is 0 Å². The van der Waals surface area contributed by atoms with Crippen molar-refractivity contribution in [2.24, 2.45) is 0 Å². The van der Waals surface area contributed by atoms with Crippen LogP contribution in [0.4, 0.5) is 0 Å². The van der Waals surface area contributed by atoms with E-state index in [9.17, 15) is 0 Å². The third kappa shape index (κ3) is 5.66. The molecule has 2 rings (SSSR count). The van der Waals surface area contributed by atoms with Crippen LogP contribution in [0.5, 0.6) is 0 Å². The Labute approximate surface area is 124 Å². The van der Waals surface area contributed by atoms with Crippen LogP contribution in [-0.2, 0) is 6.54 Å². The highest BCUT2D eigenvalue weighted by molar-refractivity contribution is 5.03. The second-order valence-electron chi connectivity index (χ2n) is 6.18. The third-order valence-corrected chi connectivity index (χ3v) is 4.20. The van der Waals surface area contributed by atoms with Crippen LogP contribution in [0, 0.1) is 0 Å². The Morgan fingerprint density at radius 1 is 1.10 bits per heavy atom. The summed E-state index contributed by atoms with van der Waals surface area (Å²) >= 11 is 0. The zero-order chi connectivity index (χ0) is 14.0. The Morgan fingerprint density at radius 3 is 2.50 bits per heavy atom. The highest BCUT2D eigenvalue weighted by atomic mass is 15.1. The van der Waals surface area contributed by atoms with E-state index in [-0.39, 0.29) is 0 Å². The van der Waals surface area contributed by atoms with E-state index < -0.39 is 0 Å². The normalized spacial score (nSPS) is 14.8. The minimum Gasteiger partial charge on any atom is -0.330 e. The van der Waals surface area contributed by atoms with Gasteiger partial charge in [-0.2, -0.15) is 0 Å². The van der Waals surface area contributed by atoms with Gasteiger partial charge in [0.15, 0.2) is 0 Å². The van der Waals surface area contributed by atoms with E-state index in [1.54, 1.807) is 0 Å². The molecule has 3 nitrogen and oxygen atoms in total. The summed E-state index contributed by atoms with van der Waals surface area (Å²) in [5, 5.41) is 3.56. The van der Waals surface area contributed by atoms with Crippen LogP contribution in [0.25, 0.3) is 0 Å². The van der Waals surface area contributed by atoms with Gasteiger partial charge in [-0.3, -0.25) is 0 Å². The van der Waals surface area contributed by atoms with Crippen LogP contribution in [0.3, 0.4) is 0 Å². The lowest BCUT2D eigenvalue weighted by atomic mass is 10.1. The van der Waals surface area contributed by atoms with E-state index in [1.165, 1.54) is 69.9 Å². The molecule has 3 heteroatoms. The second-order valence-corrected chi connectivity index (χ2v) is 6.18. The van der Waals surface area contributed by atoms with Crippen LogP contribution in [-0.4, -0.2) is 16.1 Å². The van der Waals surface area contributed by atoms with Gasteiger partial charge in [0.05, 0.1) is 12.0 Å². The van der Waals surface area contributed by atoms with Crippen molar-refractivity contribution in [3.8, 4) is 0 Å². The SMILES string of the molecule is CCCCCCCCCCNCc1cncn1C1CC1. The standard InChI is InChI=1S/C17H31N3/c1-2-3-4-5-6-7-8-9-12-18-13-17-14-19-15-20(17)16-10-11-16/h14-16,18H,2-13H2,1H3. The summed E-state index contributed by atoms with van der Waals surface area (Å²) < 4.78 is 2.35.